The minimum atomic E-state index is -2.99. The molecule has 0 aliphatic carbocycles. The van der Waals surface area contributed by atoms with E-state index in [4.69, 9.17) is 9.05 Å². The second-order valence-corrected chi connectivity index (χ2v) is 4.92. The molecule has 0 aliphatic heterocycles. The average Bonchev–Trinajstić information content (AvgIpc) is 2.19. The molecule has 4 heteroatoms. The first-order chi connectivity index (χ1) is 6.55. The molecular formula is C10H13O3P. The summed E-state index contributed by atoms with van der Waals surface area (Å²) in [7, 11) is -1.65. The van der Waals surface area contributed by atoms with E-state index >= 15 is 0 Å². The van der Waals surface area contributed by atoms with E-state index in [0.29, 0.717) is 5.76 Å². The predicted molar refractivity (Wildman–Crippen MR) is 57.1 cm³/mol. The van der Waals surface area contributed by atoms with Crippen molar-refractivity contribution in [3.8, 4) is 0 Å². The summed E-state index contributed by atoms with van der Waals surface area (Å²) in [5.74, 6) is 0.360. The Balaban J connectivity index is 2.74. The third kappa shape index (κ3) is 3.02. The normalized spacial score (nSPS) is 14.4. The van der Waals surface area contributed by atoms with E-state index < -0.39 is 7.60 Å². The van der Waals surface area contributed by atoms with Gasteiger partial charge in [-0.05, 0) is 0 Å². The Labute approximate surface area is 83.9 Å². The van der Waals surface area contributed by atoms with Crippen LogP contribution in [0.15, 0.2) is 36.9 Å². The van der Waals surface area contributed by atoms with Gasteiger partial charge in [-0.1, -0.05) is 36.9 Å². The van der Waals surface area contributed by atoms with Crippen molar-refractivity contribution < 1.29 is 13.6 Å². The largest absolute Gasteiger partial charge is 0.425 e. The van der Waals surface area contributed by atoms with Crippen molar-refractivity contribution in [3.63, 3.8) is 0 Å². The Morgan fingerprint density at radius 2 is 1.93 bits per heavy atom. The zero-order valence-corrected chi connectivity index (χ0v) is 9.16. The number of hydrogen-bond acceptors (Lipinski definition) is 3. The van der Waals surface area contributed by atoms with E-state index in [9.17, 15) is 4.57 Å². The van der Waals surface area contributed by atoms with Crippen LogP contribution in [-0.2, 0) is 13.6 Å². The van der Waals surface area contributed by atoms with Gasteiger partial charge in [-0.15, -0.1) is 0 Å². The Kier molecular flexibility index (Phi) is 3.50. The van der Waals surface area contributed by atoms with Crippen molar-refractivity contribution in [1.29, 1.82) is 0 Å². The summed E-state index contributed by atoms with van der Waals surface area (Å²) in [6.07, 6.45) is 0. The first-order valence-corrected chi connectivity index (χ1v) is 6.11. The van der Waals surface area contributed by atoms with Gasteiger partial charge in [-0.3, -0.25) is 0 Å². The van der Waals surface area contributed by atoms with Gasteiger partial charge < -0.3 is 9.05 Å². The predicted octanol–water partition coefficient (Wildman–Crippen LogP) is 3.14. The summed E-state index contributed by atoms with van der Waals surface area (Å²) in [5.41, 5.74) is 0.798. The van der Waals surface area contributed by atoms with Gasteiger partial charge in [0.2, 0.25) is 0 Å². The summed E-state index contributed by atoms with van der Waals surface area (Å²) in [6.45, 7) is 5.09. The van der Waals surface area contributed by atoms with Crippen LogP contribution in [0.25, 0.3) is 5.76 Å². The molecule has 0 radical (unpaired) electrons. The van der Waals surface area contributed by atoms with Crippen molar-refractivity contribution in [2.75, 3.05) is 13.8 Å². The lowest BCUT2D eigenvalue weighted by molar-refractivity contribution is 0.316. The van der Waals surface area contributed by atoms with Crippen LogP contribution in [0.4, 0.5) is 0 Å². The molecule has 0 aliphatic rings. The van der Waals surface area contributed by atoms with E-state index in [1.165, 1.54) is 13.8 Å². The lowest BCUT2D eigenvalue weighted by atomic mass is 10.2. The average molecular weight is 212 g/mol. The second-order valence-electron chi connectivity index (χ2n) is 2.83. The minimum absolute atomic E-state index is 0.360. The Morgan fingerprint density at radius 1 is 1.36 bits per heavy atom. The van der Waals surface area contributed by atoms with E-state index in [-0.39, 0.29) is 0 Å². The molecule has 76 valence electrons. The molecule has 0 heterocycles. The van der Waals surface area contributed by atoms with Crippen LogP contribution in [0.3, 0.4) is 0 Å². The van der Waals surface area contributed by atoms with Gasteiger partial charge in [0.25, 0.3) is 0 Å². The van der Waals surface area contributed by atoms with Gasteiger partial charge in [-0.2, -0.15) is 0 Å². The molecule has 0 amide bonds. The molecule has 0 N–H and O–H groups in total. The zero-order valence-electron chi connectivity index (χ0n) is 8.27. The van der Waals surface area contributed by atoms with E-state index in [1.54, 1.807) is 0 Å². The van der Waals surface area contributed by atoms with Crippen molar-refractivity contribution in [2.45, 2.75) is 0 Å². The molecule has 1 aromatic carbocycles. The zero-order chi connectivity index (χ0) is 10.6. The van der Waals surface area contributed by atoms with Crippen LogP contribution in [0.5, 0.6) is 0 Å². The van der Waals surface area contributed by atoms with Crippen molar-refractivity contribution in [1.82, 2.24) is 0 Å². The minimum Gasteiger partial charge on any atom is -0.425 e. The summed E-state index contributed by atoms with van der Waals surface area (Å²) >= 11 is 0. The molecule has 0 aromatic heterocycles. The van der Waals surface area contributed by atoms with Gasteiger partial charge in [0.05, 0.1) is 0 Å². The Hall–Kier alpha value is -1.05. The molecule has 0 bridgehead atoms. The summed E-state index contributed by atoms with van der Waals surface area (Å²) in [6, 6.07) is 9.27. The van der Waals surface area contributed by atoms with E-state index in [0.717, 1.165) is 5.56 Å². The maximum atomic E-state index is 11.5. The molecule has 1 aromatic rings. The number of benzene rings is 1. The Bertz CT molecular complexity index is 359. The maximum absolute atomic E-state index is 11.5. The fraction of sp³-hybridized carbons (Fsp3) is 0.200. The smallest absolute Gasteiger partial charge is 0.375 e. The standard InChI is InChI=1S/C10H13O3P/c1-9(13-14(3,11)12-2)10-7-5-4-6-8-10/h4-8H,1H2,2-3H3. The first-order valence-electron chi connectivity index (χ1n) is 4.12. The monoisotopic (exact) mass is 212 g/mol. The highest BCUT2D eigenvalue weighted by Gasteiger charge is 2.17. The van der Waals surface area contributed by atoms with Crippen molar-refractivity contribution in [2.24, 2.45) is 0 Å². The third-order valence-corrected chi connectivity index (χ3v) is 2.92. The molecule has 1 rings (SSSR count). The molecule has 0 saturated carbocycles. The highest BCUT2D eigenvalue weighted by molar-refractivity contribution is 7.53. The summed E-state index contributed by atoms with van der Waals surface area (Å²) < 4.78 is 21.3. The molecule has 0 saturated heterocycles. The molecule has 0 fully saturated rings. The van der Waals surface area contributed by atoms with Crippen molar-refractivity contribution in [3.05, 3.63) is 42.5 Å². The van der Waals surface area contributed by atoms with Crippen LogP contribution in [0.1, 0.15) is 5.56 Å². The quantitative estimate of drug-likeness (QED) is 0.568. The Morgan fingerprint density at radius 3 is 2.43 bits per heavy atom. The van der Waals surface area contributed by atoms with Gasteiger partial charge in [0.15, 0.2) is 0 Å². The van der Waals surface area contributed by atoms with Crippen LogP contribution in [-0.4, -0.2) is 13.8 Å². The van der Waals surface area contributed by atoms with Gasteiger partial charge in [0, 0.05) is 19.3 Å². The highest BCUT2D eigenvalue weighted by atomic mass is 31.2. The second kappa shape index (κ2) is 4.45. The van der Waals surface area contributed by atoms with Gasteiger partial charge in [0.1, 0.15) is 5.76 Å². The molecule has 3 nitrogen and oxygen atoms in total. The summed E-state index contributed by atoms with van der Waals surface area (Å²) in [4.78, 5) is 0. The topological polar surface area (TPSA) is 35.5 Å². The lowest BCUT2D eigenvalue weighted by Gasteiger charge is -2.14. The molecule has 14 heavy (non-hydrogen) atoms. The van der Waals surface area contributed by atoms with Gasteiger partial charge in [-0.25, -0.2) is 4.57 Å². The van der Waals surface area contributed by atoms with Crippen LogP contribution in [0, 0.1) is 0 Å². The van der Waals surface area contributed by atoms with E-state index in [1.807, 2.05) is 30.3 Å². The summed E-state index contributed by atoms with van der Waals surface area (Å²) in [5, 5.41) is 0. The molecule has 1 atom stereocenters. The number of rotatable bonds is 4. The van der Waals surface area contributed by atoms with Crippen LogP contribution >= 0.6 is 7.60 Å². The lowest BCUT2D eigenvalue weighted by Crippen LogP contribution is -1.90. The van der Waals surface area contributed by atoms with E-state index in [2.05, 4.69) is 6.58 Å². The van der Waals surface area contributed by atoms with Crippen LogP contribution in [0.2, 0.25) is 0 Å². The first kappa shape index (κ1) is 11.0. The third-order valence-electron chi connectivity index (χ3n) is 1.70. The van der Waals surface area contributed by atoms with Gasteiger partial charge >= 0.3 is 7.60 Å². The number of hydrogen-bond donors (Lipinski definition) is 0. The fourth-order valence-electron chi connectivity index (χ4n) is 0.914. The van der Waals surface area contributed by atoms with Crippen LogP contribution < -0.4 is 0 Å². The SMILES string of the molecule is C=C(OP(C)(=O)OC)c1ccccc1. The molecule has 1 unspecified atom stereocenters. The molecular weight excluding hydrogens is 199 g/mol. The maximum Gasteiger partial charge on any atom is 0.375 e. The molecule has 0 spiro atoms. The fourth-order valence-corrected chi connectivity index (χ4v) is 1.49. The highest BCUT2D eigenvalue weighted by Crippen LogP contribution is 2.46. The van der Waals surface area contributed by atoms with Crippen molar-refractivity contribution >= 4 is 13.4 Å².